The summed E-state index contributed by atoms with van der Waals surface area (Å²) in [4.78, 5) is 11.9. The predicted molar refractivity (Wildman–Crippen MR) is 87.6 cm³/mol. The van der Waals surface area contributed by atoms with Gasteiger partial charge in [-0.15, -0.1) is 0 Å². The lowest BCUT2D eigenvalue weighted by atomic mass is 10.1. The molecule has 1 N–H and O–H groups in total. The third kappa shape index (κ3) is 4.23. The summed E-state index contributed by atoms with van der Waals surface area (Å²) in [6.45, 7) is 0. The molecule has 2 rings (SSSR count). The topological polar surface area (TPSA) is 29.1 Å². The van der Waals surface area contributed by atoms with Crippen LogP contribution in [0.4, 0.5) is 5.69 Å². The molecule has 20 heavy (non-hydrogen) atoms. The van der Waals surface area contributed by atoms with Crippen molar-refractivity contribution in [3.05, 3.63) is 62.5 Å². The van der Waals surface area contributed by atoms with Gasteiger partial charge in [0.1, 0.15) is 0 Å². The molecule has 5 heteroatoms. The number of rotatable bonds is 4. The summed E-state index contributed by atoms with van der Waals surface area (Å²) < 4.78 is 1.01. The second kappa shape index (κ2) is 7.11. The molecule has 0 bridgehead atoms. The predicted octanol–water partition coefficient (Wildman–Crippen LogP) is 5.33. The summed E-state index contributed by atoms with van der Waals surface area (Å²) in [5.41, 5.74) is 1.68. The van der Waals surface area contributed by atoms with Gasteiger partial charge in [0.05, 0.1) is 10.7 Å². The zero-order valence-corrected chi connectivity index (χ0v) is 13.6. The quantitative estimate of drug-likeness (QED) is 0.772. The Hall–Kier alpha value is -1.03. The van der Waals surface area contributed by atoms with Gasteiger partial charge in [0.15, 0.2) is 0 Å². The van der Waals surface area contributed by atoms with E-state index in [9.17, 15) is 4.79 Å². The van der Waals surface area contributed by atoms with E-state index in [2.05, 4.69) is 21.2 Å². The van der Waals surface area contributed by atoms with E-state index in [1.807, 2.05) is 24.3 Å². The molecule has 0 heterocycles. The maximum atomic E-state index is 11.9. The van der Waals surface area contributed by atoms with Crippen LogP contribution < -0.4 is 5.32 Å². The Morgan fingerprint density at radius 3 is 2.60 bits per heavy atom. The number of aryl methyl sites for hydroxylation is 1. The van der Waals surface area contributed by atoms with E-state index in [0.29, 0.717) is 28.6 Å². The molecule has 2 aromatic rings. The lowest BCUT2D eigenvalue weighted by Crippen LogP contribution is -2.12. The molecule has 2 nitrogen and oxygen atoms in total. The van der Waals surface area contributed by atoms with Crippen LogP contribution in [0.15, 0.2) is 46.9 Å². The van der Waals surface area contributed by atoms with E-state index >= 15 is 0 Å². The number of benzene rings is 2. The SMILES string of the molecule is O=C(CCc1ccccc1Br)Nc1ccc(Cl)cc1Cl. The van der Waals surface area contributed by atoms with Crippen molar-refractivity contribution in [1.82, 2.24) is 0 Å². The van der Waals surface area contributed by atoms with Gasteiger partial charge in [-0.1, -0.05) is 57.3 Å². The number of amides is 1. The van der Waals surface area contributed by atoms with Crippen molar-refractivity contribution in [3.63, 3.8) is 0 Å². The number of hydrogen-bond donors (Lipinski definition) is 1. The van der Waals surface area contributed by atoms with Gasteiger partial charge >= 0.3 is 0 Å². The summed E-state index contributed by atoms with van der Waals surface area (Å²) in [5, 5.41) is 3.76. The van der Waals surface area contributed by atoms with Crippen molar-refractivity contribution >= 4 is 50.7 Å². The van der Waals surface area contributed by atoms with Crippen LogP contribution in [0.2, 0.25) is 10.0 Å². The first-order valence-corrected chi connectivity index (χ1v) is 7.59. The van der Waals surface area contributed by atoms with Crippen molar-refractivity contribution in [3.8, 4) is 0 Å². The molecule has 0 fully saturated rings. The molecule has 0 unspecified atom stereocenters. The van der Waals surface area contributed by atoms with Gasteiger partial charge in [0.25, 0.3) is 0 Å². The van der Waals surface area contributed by atoms with E-state index in [-0.39, 0.29) is 5.91 Å². The average Bonchev–Trinajstić information content (AvgIpc) is 2.41. The lowest BCUT2D eigenvalue weighted by molar-refractivity contribution is -0.116. The van der Waals surface area contributed by atoms with Crippen LogP contribution in [0.5, 0.6) is 0 Å². The molecule has 0 radical (unpaired) electrons. The highest BCUT2D eigenvalue weighted by Gasteiger charge is 2.07. The van der Waals surface area contributed by atoms with E-state index in [0.717, 1.165) is 10.0 Å². The first-order chi connectivity index (χ1) is 9.56. The van der Waals surface area contributed by atoms with E-state index in [1.165, 1.54) is 0 Å². The smallest absolute Gasteiger partial charge is 0.224 e. The van der Waals surface area contributed by atoms with Crippen LogP contribution in [0.3, 0.4) is 0 Å². The molecule has 0 aliphatic carbocycles. The third-order valence-electron chi connectivity index (χ3n) is 2.78. The number of halogens is 3. The number of carbonyl (C=O) groups excluding carboxylic acids is 1. The van der Waals surface area contributed by atoms with Gasteiger partial charge < -0.3 is 5.32 Å². The van der Waals surface area contributed by atoms with Gasteiger partial charge in [0, 0.05) is 15.9 Å². The fourth-order valence-corrected chi connectivity index (χ4v) is 2.69. The lowest BCUT2D eigenvalue weighted by Gasteiger charge is -2.08. The van der Waals surface area contributed by atoms with Crippen molar-refractivity contribution in [1.29, 1.82) is 0 Å². The van der Waals surface area contributed by atoms with E-state index in [1.54, 1.807) is 18.2 Å². The zero-order valence-electron chi connectivity index (χ0n) is 10.5. The maximum Gasteiger partial charge on any atom is 0.224 e. The van der Waals surface area contributed by atoms with Crippen molar-refractivity contribution in [2.75, 3.05) is 5.32 Å². The molecule has 1 amide bonds. The molecule has 104 valence electrons. The Kier molecular flexibility index (Phi) is 5.46. The van der Waals surface area contributed by atoms with Crippen molar-refractivity contribution in [2.24, 2.45) is 0 Å². The number of hydrogen-bond acceptors (Lipinski definition) is 1. The average molecular weight is 373 g/mol. The van der Waals surface area contributed by atoms with E-state index in [4.69, 9.17) is 23.2 Å². The summed E-state index contributed by atoms with van der Waals surface area (Å²) in [7, 11) is 0. The van der Waals surface area contributed by atoms with Gasteiger partial charge in [0.2, 0.25) is 5.91 Å². The molecule has 0 spiro atoms. The Balaban J connectivity index is 1.94. The molecular weight excluding hydrogens is 361 g/mol. The Labute approximate surface area is 136 Å². The highest BCUT2D eigenvalue weighted by Crippen LogP contribution is 2.25. The molecule has 2 aromatic carbocycles. The number of nitrogens with one attached hydrogen (secondary N) is 1. The minimum Gasteiger partial charge on any atom is -0.325 e. The van der Waals surface area contributed by atoms with Crippen LogP contribution in [-0.2, 0) is 11.2 Å². The minimum atomic E-state index is -0.0787. The van der Waals surface area contributed by atoms with Crippen molar-refractivity contribution in [2.45, 2.75) is 12.8 Å². The van der Waals surface area contributed by atoms with Crippen LogP contribution in [-0.4, -0.2) is 5.91 Å². The zero-order chi connectivity index (χ0) is 14.5. The standard InChI is InChI=1S/C15H12BrCl2NO/c16-12-4-2-1-3-10(12)5-8-15(20)19-14-7-6-11(17)9-13(14)18/h1-4,6-7,9H,5,8H2,(H,19,20). The summed E-state index contributed by atoms with van der Waals surface area (Å²) in [5.74, 6) is -0.0787. The first kappa shape index (κ1) is 15.4. The van der Waals surface area contributed by atoms with Crippen LogP contribution in [0.1, 0.15) is 12.0 Å². The van der Waals surface area contributed by atoms with Crippen molar-refractivity contribution < 1.29 is 4.79 Å². The Morgan fingerprint density at radius 1 is 1.15 bits per heavy atom. The van der Waals surface area contributed by atoms with Crippen LogP contribution >= 0.6 is 39.1 Å². The molecule has 0 saturated carbocycles. The highest BCUT2D eigenvalue weighted by molar-refractivity contribution is 9.10. The molecular formula is C15H12BrCl2NO. The summed E-state index contributed by atoms with van der Waals surface area (Å²) in [6.07, 6.45) is 1.06. The van der Waals surface area contributed by atoms with Gasteiger partial charge in [-0.05, 0) is 36.2 Å². The molecule has 0 aliphatic heterocycles. The largest absolute Gasteiger partial charge is 0.325 e. The van der Waals surface area contributed by atoms with Crippen LogP contribution in [0.25, 0.3) is 0 Å². The van der Waals surface area contributed by atoms with Gasteiger partial charge in [-0.3, -0.25) is 4.79 Å². The fourth-order valence-electron chi connectivity index (χ4n) is 1.75. The second-order valence-corrected chi connectivity index (χ2v) is 5.96. The number of carbonyl (C=O) groups is 1. The normalized spacial score (nSPS) is 10.3. The fraction of sp³-hybridized carbons (Fsp3) is 0.133. The second-order valence-electron chi connectivity index (χ2n) is 4.26. The van der Waals surface area contributed by atoms with E-state index < -0.39 is 0 Å². The maximum absolute atomic E-state index is 11.9. The highest BCUT2D eigenvalue weighted by atomic mass is 79.9. The van der Waals surface area contributed by atoms with Gasteiger partial charge in [-0.25, -0.2) is 0 Å². The first-order valence-electron chi connectivity index (χ1n) is 6.04. The summed E-state index contributed by atoms with van der Waals surface area (Å²) in [6, 6.07) is 12.8. The number of anilines is 1. The molecule has 0 aromatic heterocycles. The monoisotopic (exact) mass is 371 g/mol. The Morgan fingerprint density at radius 2 is 1.90 bits per heavy atom. The molecule has 0 aliphatic rings. The summed E-state index contributed by atoms with van der Waals surface area (Å²) >= 11 is 15.3. The molecule has 0 atom stereocenters. The van der Waals surface area contributed by atoms with Crippen LogP contribution in [0, 0.1) is 0 Å². The third-order valence-corrected chi connectivity index (χ3v) is 4.11. The van der Waals surface area contributed by atoms with Gasteiger partial charge in [-0.2, -0.15) is 0 Å². The molecule has 0 saturated heterocycles. The minimum absolute atomic E-state index is 0.0787. The Bertz CT molecular complexity index is 631.